The molecule has 4 aromatic rings. The number of nitrogens with one attached hydrogen (secondary N) is 2. The van der Waals surface area contributed by atoms with Crippen LogP contribution in [0, 0.1) is 0 Å². The van der Waals surface area contributed by atoms with Crippen molar-refractivity contribution in [1.82, 2.24) is 4.98 Å². The summed E-state index contributed by atoms with van der Waals surface area (Å²) in [6, 6.07) is 22.4. The standard InChI is InChI=1S/C24H21N3O3S/c1-15(31-20-7-5-6-19(14-20)25-16(2)28)23(29)26-18-12-10-17(11-13-18)24-27-21-8-3-4-9-22(21)30-24/h3-15H,1-2H3,(H,25,28)(H,26,29). The van der Waals surface area contributed by atoms with Gasteiger partial charge in [0.05, 0.1) is 5.25 Å². The van der Waals surface area contributed by atoms with Crippen molar-refractivity contribution < 1.29 is 14.0 Å². The largest absolute Gasteiger partial charge is 0.436 e. The number of benzene rings is 3. The highest BCUT2D eigenvalue weighted by atomic mass is 32.2. The quantitative estimate of drug-likeness (QED) is 0.390. The van der Waals surface area contributed by atoms with Gasteiger partial charge in [0.25, 0.3) is 0 Å². The number of rotatable bonds is 6. The molecule has 4 rings (SSSR count). The number of carbonyl (C=O) groups is 2. The molecule has 6 nitrogen and oxygen atoms in total. The maximum Gasteiger partial charge on any atom is 0.237 e. The van der Waals surface area contributed by atoms with E-state index in [1.807, 2.05) is 79.7 Å². The van der Waals surface area contributed by atoms with Gasteiger partial charge in [0.2, 0.25) is 17.7 Å². The molecule has 2 N–H and O–H groups in total. The monoisotopic (exact) mass is 431 g/mol. The molecule has 31 heavy (non-hydrogen) atoms. The summed E-state index contributed by atoms with van der Waals surface area (Å²) in [7, 11) is 0. The number of carbonyl (C=O) groups excluding carboxylic acids is 2. The third-order valence-electron chi connectivity index (χ3n) is 4.53. The van der Waals surface area contributed by atoms with Crippen LogP contribution in [-0.2, 0) is 9.59 Å². The molecule has 0 aliphatic carbocycles. The van der Waals surface area contributed by atoms with Gasteiger partial charge in [-0.05, 0) is 61.5 Å². The Kier molecular flexibility index (Phi) is 6.04. The Morgan fingerprint density at radius 1 is 0.935 bits per heavy atom. The Bertz CT molecular complexity index is 1200. The number of anilines is 2. The first-order chi connectivity index (χ1) is 15.0. The van der Waals surface area contributed by atoms with Gasteiger partial charge in [0, 0.05) is 28.8 Å². The molecule has 2 amide bonds. The fourth-order valence-corrected chi connectivity index (χ4v) is 3.97. The van der Waals surface area contributed by atoms with Gasteiger partial charge in [-0.1, -0.05) is 18.2 Å². The van der Waals surface area contributed by atoms with Crippen LogP contribution in [0.5, 0.6) is 0 Å². The number of nitrogens with zero attached hydrogens (tertiary/aromatic N) is 1. The number of aromatic nitrogens is 1. The summed E-state index contributed by atoms with van der Waals surface area (Å²) in [6.45, 7) is 3.31. The minimum Gasteiger partial charge on any atom is -0.436 e. The fraction of sp³-hybridized carbons (Fsp3) is 0.125. The minimum absolute atomic E-state index is 0.107. The summed E-state index contributed by atoms with van der Waals surface area (Å²) in [5, 5.41) is 5.37. The number of thioether (sulfide) groups is 1. The first-order valence-corrected chi connectivity index (χ1v) is 10.7. The molecule has 0 radical (unpaired) electrons. The van der Waals surface area contributed by atoms with E-state index in [9.17, 15) is 9.59 Å². The normalized spacial score (nSPS) is 11.8. The highest BCUT2D eigenvalue weighted by molar-refractivity contribution is 8.00. The van der Waals surface area contributed by atoms with Gasteiger partial charge in [-0.2, -0.15) is 0 Å². The van der Waals surface area contributed by atoms with E-state index in [0.29, 0.717) is 17.3 Å². The van der Waals surface area contributed by atoms with Gasteiger partial charge in [-0.3, -0.25) is 9.59 Å². The Morgan fingerprint density at radius 3 is 2.45 bits per heavy atom. The molecule has 1 unspecified atom stereocenters. The summed E-state index contributed by atoms with van der Waals surface area (Å²) < 4.78 is 5.79. The highest BCUT2D eigenvalue weighted by Crippen LogP contribution is 2.28. The van der Waals surface area contributed by atoms with Crippen LogP contribution in [0.2, 0.25) is 0 Å². The molecule has 1 heterocycles. The molecule has 7 heteroatoms. The zero-order valence-electron chi connectivity index (χ0n) is 17.1. The van der Waals surface area contributed by atoms with E-state index in [1.54, 1.807) is 0 Å². The van der Waals surface area contributed by atoms with Gasteiger partial charge in [-0.15, -0.1) is 11.8 Å². The van der Waals surface area contributed by atoms with E-state index in [0.717, 1.165) is 21.6 Å². The molecular weight excluding hydrogens is 410 g/mol. The van der Waals surface area contributed by atoms with E-state index >= 15 is 0 Å². The summed E-state index contributed by atoms with van der Waals surface area (Å²) in [5.74, 6) is 0.306. The number of fused-ring (bicyclic) bond motifs is 1. The number of para-hydroxylation sites is 2. The van der Waals surface area contributed by atoms with E-state index in [1.165, 1.54) is 18.7 Å². The van der Waals surface area contributed by atoms with Crippen LogP contribution in [0.4, 0.5) is 11.4 Å². The molecule has 1 atom stereocenters. The summed E-state index contributed by atoms with van der Waals surface area (Å²) in [6.07, 6.45) is 0. The summed E-state index contributed by atoms with van der Waals surface area (Å²) in [4.78, 5) is 29.2. The number of hydrogen-bond acceptors (Lipinski definition) is 5. The summed E-state index contributed by atoms with van der Waals surface area (Å²) >= 11 is 1.43. The average molecular weight is 432 g/mol. The Morgan fingerprint density at radius 2 is 1.71 bits per heavy atom. The van der Waals surface area contributed by atoms with Crippen LogP contribution in [0.15, 0.2) is 82.1 Å². The predicted molar refractivity (Wildman–Crippen MR) is 124 cm³/mol. The molecular formula is C24H21N3O3S. The third kappa shape index (κ3) is 5.13. The average Bonchev–Trinajstić information content (AvgIpc) is 3.18. The lowest BCUT2D eigenvalue weighted by atomic mass is 10.2. The molecule has 0 aliphatic heterocycles. The van der Waals surface area contributed by atoms with Crippen molar-refractivity contribution in [2.75, 3.05) is 10.6 Å². The maximum atomic E-state index is 12.6. The van der Waals surface area contributed by atoms with Crippen LogP contribution < -0.4 is 10.6 Å². The smallest absolute Gasteiger partial charge is 0.237 e. The fourth-order valence-electron chi connectivity index (χ4n) is 3.04. The zero-order valence-corrected chi connectivity index (χ0v) is 17.9. The molecule has 0 bridgehead atoms. The van der Waals surface area contributed by atoms with Gasteiger partial charge in [-0.25, -0.2) is 4.98 Å². The van der Waals surface area contributed by atoms with E-state index in [2.05, 4.69) is 15.6 Å². The highest BCUT2D eigenvalue weighted by Gasteiger charge is 2.15. The third-order valence-corrected chi connectivity index (χ3v) is 5.62. The number of hydrogen-bond donors (Lipinski definition) is 2. The minimum atomic E-state index is -0.315. The van der Waals surface area contributed by atoms with Crippen molar-refractivity contribution in [2.24, 2.45) is 0 Å². The lowest BCUT2D eigenvalue weighted by molar-refractivity contribution is -0.115. The molecule has 1 aromatic heterocycles. The number of oxazole rings is 1. The van der Waals surface area contributed by atoms with Gasteiger partial charge >= 0.3 is 0 Å². The second-order valence-electron chi connectivity index (χ2n) is 7.02. The first kappa shape index (κ1) is 20.7. The topological polar surface area (TPSA) is 84.2 Å². The molecule has 0 saturated heterocycles. The van der Waals surface area contributed by atoms with E-state index in [4.69, 9.17) is 4.42 Å². The van der Waals surface area contributed by atoms with Crippen molar-refractivity contribution in [3.8, 4) is 11.5 Å². The van der Waals surface area contributed by atoms with E-state index < -0.39 is 0 Å². The lowest BCUT2D eigenvalue weighted by Crippen LogP contribution is -2.22. The molecule has 0 spiro atoms. The van der Waals surface area contributed by atoms with Crippen LogP contribution in [0.3, 0.4) is 0 Å². The predicted octanol–water partition coefficient (Wildman–Crippen LogP) is 5.57. The zero-order chi connectivity index (χ0) is 21.8. The van der Waals surface area contributed by atoms with Crippen LogP contribution in [0.25, 0.3) is 22.6 Å². The van der Waals surface area contributed by atoms with Crippen LogP contribution >= 0.6 is 11.8 Å². The van der Waals surface area contributed by atoms with E-state index in [-0.39, 0.29) is 17.1 Å². The Labute approximate surface area is 184 Å². The molecule has 3 aromatic carbocycles. The Balaban J connectivity index is 1.39. The number of amides is 2. The molecule has 0 aliphatic rings. The SMILES string of the molecule is CC(=O)Nc1cccc(SC(C)C(=O)Nc2ccc(-c3nc4ccccc4o3)cc2)c1. The van der Waals surface area contributed by atoms with Gasteiger partial charge in [0.15, 0.2) is 5.58 Å². The lowest BCUT2D eigenvalue weighted by Gasteiger charge is -2.13. The Hall–Kier alpha value is -3.58. The first-order valence-electron chi connectivity index (χ1n) is 9.79. The van der Waals surface area contributed by atoms with Gasteiger partial charge in [0.1, 0.15) is 5.52 Å². The summed E-state index contributed by atoms with van der Waals surface area (Å²) in [5.41, 5.74) is 3.79. The van der Waals surface area contributed by atoms with Crippen LogP contribution in [-0.4, -0.2) is 22.0 Å². The molecule has 0 fully saturated rings. The van der Waals surface area contributed by atoms with Crippen molar-refractivity contribution in [3.63, 3.8) is 0 Å². The molecule has 0 saturated carbocycles. The molecule has 156 valence electrons. The maximum absolute atomic E-state index is 12.6. The van der Waals surface area contributed by atoms with Crippen molar-refractivity contribution in [2.45, 2.75) is 24.0 Å². The van der Waals surface area contributed by atoms with Crippen molar-refractivity contribution >= 4 is 46.1 Å². The van der Waals surface area contributed by atoms with Gasteiger partial charge < -0.3 is 15.1 Å². The van der Waals surface area contributed by atoms with Crippen molar-refractivity contribution in [3.05, 3.63) is 72.8 Å². The van der Waals surface area contributed by atoms with Crippen LogP contribution in [0.1, 0.15) is 13.8 Å². The van der Waals surface area contributed by atoms with Crippen molar-refractivity contribution in [1.29, 1.82) is 0 Å². The second-order valence-corrected chi connectivity index (χ2v) is 8.44. The second kappa shape index (κ2) is 9.06.